The predicted molar refractivity (Wildman–Crippen MR) is 98.4 cm³/mol. The number of halogens is 1. The van der Waals surface area contributed by atoms with Gasteiger partial charge in [-0.25, -0.2) is 0 Å². The average Bonchev–Trinajstić information content (AvgIpc) is 2.98. The summed E-state index contributed by atoms with van der Waals surface area (Å²) in [4.78, 5) is 0. The highest BCUT2D eigenvalue weighted by atomic mass is 35.5. The molecule has 2 nitrogen and oxygen atoms in total. The molecule has 0 amide bonds. The lowest BCUT2D eigenvalue weighted by molar-refractivity contribution is 0.880. The van der Waals surface area contributed by atoms with E-state index in [0.717, 1.165) is 17.0 Å². The second-order valence-electron chi connectivity index (χ2n) is 6.29. The Hall–Kier alpha value is -2.19. The standard InChI is InChI=1S/C20H19ClN2/c1-13-8-16-9-14(11-18(21)20(16)22(13)2)10-17-12-15-6-4-5-7-19(15)23(17)3/h4-9,11-12H,10H2,1-3H3. The molecular weight excluding hydrogens is 304 g/mol. The molecule has 2 heterocycles. The van der Waals surface area contributed by atoms with Crippen LogP contribution in [0.3, 0.4) is 0 Å². The third kappa shape index (κ3) is 2.25. The first kappa shape index (κ1) is 14.4. The number of rotatable bonds is 2. The molecule has 0 spiro atoms. The minimum atomic E-state index is 0.826. The molecule has 0 atom stereocenters. The van der Waals surface area contributed by atoms with Crippen LogP contribution in [0.25, 0.3) is 21.8 Å². The predicted octanol–water partition coefficient (Wildman–Crippen LogP) is 5.22. The minimum Gasteiger partial charge on any atom is -0.347 e. The van der Waals surface area contributed by atoms with Crippen molar-refractivity contribution in [3.8, 4) is 0 Å². The van der Waals surface area contributed by atoms with Crippen LogP contribution >= 0.6 is 11.6 Å². The first-order valence-electron chi connectivity index (χ1n) is 7.82. The molecule has 0 radical (unpaired) electrons. The lowest BCUT2D eigenvalue weighted by atomic mass is 10.1. The van der Waals surface area contributed by atoms with Crippen molar-refractivity contribution in [2.75, 3.05) is 0 Å². The average molecular weight is 323 g/mol. The van der Waals surface area contributed by atoms with E-state index in [1.807, 2.05) is 0 Å². The van der Waals surface area contributed by atoms with Crippen molar-refractivity contribution in [1.82, 2.24) is 9.13 Å². The van der Waals surface area contributed by atoms with Gasteiger partial charge in [0.15, 0.2) is 0 Å². The summed E-state index contributed by atoms with van der Waals surface area (Å²) in [5.41, 5.74) is 6.16. The molecule has 23 heavy (non-hydrogen) atoms. The zero-order valence-corrected chi connectivity index (χ0v) is 14.4. The second-order valence-corrected chi connectivity index (χ2v) is 6.70. The van der Waals surface area contributed by atoms with Crippen LogP contribution in [0.4, 0.5) is 0 Å². The van der Waals surface area contributed by atoms with E-state index in [2.05, 4.69) is 78.7 Å². The van der Waals surface area contributed by atoms with Gasteiger partial charge < -0.3 is 9.13 Å². The molecule has 0 aliphatic carbocycles. The molecule has 0 bridgehead atoms. The van der Waals surface area contributed by atoms with Gasteiger partial charge in [0.1, 0.15) is 0 Å². The molecule has 2 aromatic heterocycles. The van der Waals surface area contributed by atoms with Crippen LogP contribution in [0.1, 0.15) is 17.0 Å². The van der Waals surface area contributed by atoms with Crippen LogP contribution < -0.4 is 0 Å². The van der Waals surface area contributed by atoms with E-state index in [4.69, 9.17) is 11.6 Å². The third-order valence-corrected chi connectivity index (χ3v) is 5.11. The fourth-order valence-electron chi connectivity index (χ4n) is 3.47. The van der Waals surface area contributed by atoms with Crippen LogP contribution in [-0.2, 0) is 20.5 Å². The van der Waals surface area contributed by atoms with E-state index in [0.29, 0.717) is 0 Å². The van der Waals surface area contributed by atoms with Gasteiger partial charge in [0.05, 0.1) is 10.5 Å². The molecule has 0 N–H and O–H groups in total. The zero-order valence-electron chi connectivity index (χ0n) is 13.6. The van der Waals surface area contributed by atoms with Crippen molar-refractivity contribution in [2.24, 2.45) is 14.1 Å². The molecule has 0 saturated carbocycles. The van der Waals surface area contributed by atoms with Crippen LogP contribution in [-0.4, -0.2) is 9.13 Å². The summed E-state index contributed by atoms with van der Waals surface area (Å²) in [6, 6.07) is 17.3. The summed E-state index contributed by atoms with van der Waals surface area (Å²) in [5.74, 6) is 0. The largest absolute Gasteiger partial charge is 0.347 e. The lowest BCUT2D eigenvalue weighted by Crippen LogP contribution is -1.98. The van der Waals surface area contributed by atoms with Crippen molar-refractivity contribution in [2.45, 2.75) is 13.3 Å². The van der Waals surface area contributed by atoms with Crippen molar-refractivity contribution >= 4 is 33.4 Å². The van der Waals surface area contributed by atoms with Crippen LogP contribution in [0.15, 0.2) is 48.5 Å². The van der Waals surface area contributed by atoms with E-state index in [1.165, 1.54) is 33.2 Å². The quantitative estimate of drug-likeness (QED) is 0.478. The lowest BCUT2D eigenvalue weighted by Gasteiger charge is -2.07. The maximum absolute atomic E-state index is 6.54. The summed E-state index contributed by atoms with van der Waals surface area (Å²) < 4.78 is 4.42. The number of nitrogens with zero attached hydrogens (tertiary/aromatic N) is 2. The van der Waals surface area contributed by atoms with Crippen LogP contribution in [0.5, 0.6) is 0 Å². The third-order valence-electron chi connectivity index (χ3n) is 4.82. The molecule has 4 aromatic rings. The van der Waals surface area contributed by atoms with Gasteiger partial charge in [-0.05, 0) is 48.2 Å². The van der Waals surface area contributed by atoms with E-state index in [-0.39, 0.29) is 0 Å². The molecule has 2 aromatic carbocycles. The van der Waals surface area contributed by atoms with Crippen LogP contribution in [0.2, 0.25) is 5.02 Å². The highest BCUT2D eigenvalue weighted by Crippen LogP contribution is 2.29. The smallest absolute Gasteiger partial charge is 0.0669 e. The maximum Gasteiger partial charge on any atom is 0.0669 e. The van der Waals surface area contributed by atoms with E-state index in [1.54, 1.807) is 0 Å². The molecule has 0 aliphatic heterocycles. The first-order chi connectivity index (χ1) is 11.0. The SMILES string of the molecule is Cc1cc2cc(Cc3cc4ccccc4n3C)cc(Cl)c2n1C. The van der Waals surface area contributed by atoms with Crippen molar-refractivity contribution in [3.63, 3.8) is 0 Å². The fourth-order valence-corrected chi connectivity index (χ4v) is 3.84. The van der Waals surface area contributed by atoms with Gasteiger partial charge in [0.25, 0.3) is 0 Å². The summed E-state index contributed by atoms with van der Waals surface area (Å²) >= 11 is 6.54. The first-order valence-corrected chi connectivity index (χ1v) is 8.20. The molecular formula is C20H19ClN2. The number of hydrogen-bond donors (Lipinski definition) is 0. The minimum absolute atomic E-state index is 0.826. The topological polar surface area (TPSA) is 9.86 Å². The van der Waals surface area contributed by atoms with E-state index >= 15 is 0 Å². The van der Waals surface area contributed by atoms with Gasteiger partial charge in [-0.1, -0.05) is 29.8 Å². The van der Waals surface area contributed by atoms with Crippen molar-refractivity contribution in [1.29, 1.82) is 0 Å². The van der Waals surface area contributed by atoms with Gasteiger partial charge in [-0.2, -0.15) is 0 Å². The fraction of sp³-hybridized carbons (Fsp3) is 0.200. The number of para-hydroxylation sites is 1. The molecule has 0 saturated heterocycles. The Morgan fingerprint density at radius 3 is 2.48 bits per heavy atom. The monoisotopic (exact) mass is 322 g/mol. The summed E-state index contributed by atoms with van der Waals surface area (Å²) in [6.45, 7) is 2.11. The van der Waals surface area contributed by atoms with Crippen molar-refractivity contribution in [3.05, 3.63) is 70.5 Å². The number of fused-ring (bicyclic) bond motifs is 2. The Kier molecular flexibility index (Phi) is 3.24. The number of hydrogen-bond acceptors (Lipinski definition) is 0. The highest BCUT2D eigenvalue weighted by molar-refractivity contribution is 6.35. The van der Waals surface area contributed by atoms with Crippen molar-refractivity contribution < 1.29 is 0 Å². The summed E-state index contributed by atoms with van der Waals surface area (Å²) in [6.07, 6.45) is 0.884. The molecule has 116 valence electrons. The van der Waals surface area contributed by atoms with E-state index in [9.17, 15) is 0 Å². The highest BCUT2D eigenvalue weighted by Gasteiger charge is 2.11. The second kappa shape index (κ2) is 5.17. The van der Waals surface area contributed by atoms with Gasteiger partial charge in [-0.15, -0.1) is 0 Å². The summed E-state index contributed by atoms with van der Waals surface area (Å²) in [7, 11) is 4.19. The molecule has 0 unspecified atom stereocenters. The Balaban J connectivity index is 1.81. The molecule has 0 aliphatic rings. The summed E-state index contributed by atoms with van der Waals surface area (Å²) in [5, 5.41) is 3.32. The Morgan fingerprint density at radius 2 is 1.70 bits per heavy atom. The molecule has 0 fully saturated rings. The van der Waals surface area contributed by atoms with Crippen LogP contribution in [0, 0.1) is 6.92 Å². The molecule has 4 rings (SSSR count). The van der Waals surface area contributed by atoms with Gasteiger partial charge in [-0.3, -0.25) is 0 Å². The maximum atomic E-state index is 6.54. The Morgan fingerprint density at radius 1 is 0.913 bits per heavy atom. The van der Waals surface area contributed by atoms with Gasteiger partial charge >= 0.3 is 0 Å². The molecule has 3 heteroatoms. The van der Waals surface area contributed by atoms with E-state index < -0.39 is 0 Å². The van der Waals surface area contributed by atoms with Gasteiger partial charge in [0, 0.05) is 42.8 Å². The Bertz CT molecular complexity index is 1040. The number of aryl methyl sites for hydroxylation is 3. The number of aromatic nitrogens is 2. The number of benzene rings is 2. The zero-order chi connectivity index (χ0) is 16.1. The normalized spacial score (nSPS) is 11.7. The van der Waals surface area contributed by atoms with Gasteiger partial charge in [0.2, 0.25) is 0 Å². The Labute approximate surface area is 140 Å².